The molecule has 43 heavy (non-hydrogen) atoms. The van der Waals surface area contributed by atoms with Crippen molar-refractivity contribution in [3.05, 3.63) is 62.3 Å². The van der Waals surface area contributed by atoms with Gasteiger partial charge in [0.1, 0.15) is 4.92 Å². The van der Waals surface area contributed by atoms with E-state index >= 15 is 4.57 Å². The molecule has 0 N–H and O–H groups in total. The van der Waals surface area contributed by atoms with Crippen molar-refractivity contribution in [1.82, 2.24) is 0 Å². The van der Waals surface area contributed by atoms with Crippen LogP contribution in [0, 0.1) is 45.6 Å². The molecule has 2 aliphatic rings. The summed E-state index contributed by atoms with van der Waals surface area (Å²) in [4.78, 5) is 23.9. The molecule has 2 saturated carbocycles. The second-order valence-corrected chi connectivity index (χ2v) is 16.1. The first-order valence-electron chi connectivity index (χ1n) is 15.4. The molecule has 4 rings (SSSR count). The highest BCUT2D eigenvalue weighted by Gasteiger charge is 2.49. The van der Waals surface area contributed by atoms with Gasteiger partial charge >= 0.3 is 19.4 Å². The minimum atomic E-state index is -4.23. The Kier molecular flexibility index (Phi) is 11.3. The third kappa shape index (κ3) is 8.38. The van der Waals surface area contributed by atoms with Crippen molar-refractivity contribution in [3.63, 3.8) is 0 Å². The molecule has 1 aromatic carbocycles. The van der Waals surface area contributed by atoms with E-state index in [4.69, 9.17) is 18.2 Å². The van der Waals surface area contributed by atoms with Crippen LogP contribution in [0.1, 0.15) is 102 Å². The second kappa shape index (κ2) is 14.4. The molecule has 1 heterocycles. The fraction of sp³-hybridized carbons (Fsp3) is 0.656. The van der Waals surface area contributed by atoms with E-state index in [9.17, 15) is 14.9 Å². The van der Waals surface area contributed by atoms with E-state index in [2.05, 4.69) is 57.5 Å². The number of hydrogen-bond acceptors (Lipinski definition) is 8. The highest BCUT2D eigenvalue weighted by molar-refractivity contribution is 9.10. The smallest absolute Gasteiger partial charge is 0.433 e. The van der Waals surface area contributed by atoms with Crippen LogP contribution < -0.4 is 0 Å². The number of furan rings is 1. The molecule has 238 valence electrons. The summed E-state index contributed by atoms with van der Waals surface area (Å²) >= 11 is 3.45. The molecule has 0 bridgehead atoms. The Morgan fingerprint density at radius 1 is 0.907 bits per heavy atom. The van der Waals surface area contributed by atoms with Crippen molar-refractivity contribution in [2.24, 2.45) is 35.5 Å². The molecule has 8 atom stereocenters. The van der Waals surface area contributed by atoms with Crippen LogP contribution in [-0.4, -0.2) is 23.1 Å². The van der Waals surface area contributed by atoms with Crippen molar-refractivity contribution in [3.8, 4) is 0 Å². The van der Waals surface area contributed by atoms with E-state index in [1.807, 2.05) is 0 Å². The molecule has 2 aliphatic carbocycles. The van der Waals surface area contributed by atoms with Crippen molar-refractivity contribution >= 4 is 35.4 Å². The zero-order valence-corrected chi connectivity index (χ0v) is 28.4. The van der Waals surface area contributed by atoms with Gasteiger partial charge in [-0.2, -0.15) is 0 Å². The van der Waals surface area contributed by atoms with E-state index in [0.717, 1.165) is 49.1 Å². The molecule has 1 unspecified atom stereocenters. The number of benzene rings is 1. The minimum Gasteiger partial charge on any atom is -0.438 e. The zero-order chi connectivity index (χ0) is 31.5. The van der Waals surface area contributed by atoms with Gasteiger partial charge in [-0.3, -0.25) is 14.7 Å². The Morgan fingerprint density at radius 2 is 1.42 bits per heavy atom. The normalized spacial score (nSPS) is 28.4. The maximum Gasteiger partial charge on any atom is 0.433 e. The van der Waals surface area contributed by atoms with Crippen molar-refractivity contribution < 1.29 is 32.5 Å². The number of nitro groups is 1. The van der Waals surface area contributed by atoms with E-state index in [-0.39, 0.29) is 29.8 Å². The van der Waals surface area contributed by atoms with E-state index in [1.54, 1.807) is 24.3 Å². The lowest BCUT2D eigenvalue weighted by atomic mass is 9.75. The number of ether oxygens (including phenoxy) is 1. The maximum absolute atomic E-state index is 15.5. The SMILES string of the molecule is CC(C)[C@H]1CC[C@@H](C)C[C@H]1OP(=O)(O[C@@H]1C[C@H](C)CC[C@H]1C(C)C)[C@@H](OC(=O)c1ccc([N+](=O)[O-])o1)c1ccc(Br)cc1. The number of esters is 1. The van der Waals surface area contributed by atoms with E-state index < -0.39 is 30.2 Å². The number of halogens is 1. The molecule has 0 saturated heterocycles. The summed E-state index contributed by atoms with van der Waals surface area (Å²) < 4.78 is 40.8. The van der Waals surface area contributed by atoms with E-state index in [0.29, 0.717) is 29.2 Å². The summed E-state index contributed by atoms with van der Waals surface area (Å²) in [5.74, 6) is -1.68. The molecule has 0 aliphatic heterocycles. The van der Waals surface area contributed by atoms with Gasteiger partial charge in [0, 0.05) is 10.0 Å². The van der Waals surface area contributed by atoms with Crippen molar-refractivity contribution in [2.45, 2.75) is 98.1 Å². The first-order valence-corrected chi connectivity index (χ1v) is 17.8. The molecule has 11 heteroatoms. The highest BCUT2D eigenvalue weighted by atomic mass is 79.9. The Balaban J connectivity index is 1.79. The maximum atomic E-state index is 15.5. The lowest BCUT2D eigenvalue weighted by Crippen LogP contribution is -2.37. The van der Waals surface area contributed by atoms with Crippen LogP contribution in [0.25, 0.3) is 0 Å². The fourth-order valence-corrected chi connectivity index (χ4v) is 9.16. The Labute approximate surface area is 263 Å². The van der Waals surface area contributed by atoms with Gasteiger partial charge in [0.15, 0.2) is 0 Å². The van der Waals surface area contributed by atoms with Gasteiger partial charge in [-0.15, -0.1) is 0 Å². The number of carbonyl (C=O) groups is 1. The van der Waals surface area contributed by atoms with Crippen LogP contribution in [-0.2, 0) is 18.3 Å². The predicted molar refractivity (Wildman–Crippen MR) is 168 cm³/mol. The highest BCUT2D eigenvalue weighted by Crippen LogP contribution is 2.66. The summed E-state index contributed by atoms with van der Waals surface area (Å²) in [5, 5.41) is 11.2. The third-order valence-corrected chi connectivity index (χ3v) is 11.8. The number of carbonyl (C=O) groups excluding carboxylic acids is 1. The van der Waals surface area contributed by atoms with Crippen LogP contribution in [0.3, 0.4) is 0 Å². The first kappa shape index (κ1) is 33.9. The fourth-order valence-electron chi connectivity index (χ4n) is 6.62. The molecule has 2 aromatic rings. The van der Waals surface area contributed by atoms with E-state index in [1.165, 1.54) is 6.07 Å². The lowest BCUT2D eigenvalue weighted by molar-refractivity contribution is -0.402. The Bertz CT molecular complexity index is 1260. The summed E-state index contributed by atoms with van der Waals surface area (Å²) in [6, 6.07) is 9.26. The quantitative estimate of drug-likeness (QED) is 0.0995. The largest absolute Gasteiger partial charge is 0.438 e. The van der Waals surface area contributed by atoms with Gasteiger partial charge in [-0.1, -0.05) is 82.4 Å². The molecule has 0 radical (unpaired) electrons. The predicted octanol–water partition coefficient (Wildman–Crippen LogP) is 9.95. The van der Waals surface area contributed by atoms with Crippen molar-refractivity contribution in [1.29, 1.82) is 0 Å². The average Bonchev–Trinajstić information content (AvgIpc) is 3.43. The summed E-state index contributed by atoms with van der Waals surface area (Å²) in [7, 11) is -4.23. The van der Waals surface area contributed by atoms with Crippen LogP contribution in [0.2, 0.25) is 0 Å². The lowest BCUT2D eigenvalue weighted by Gasteiger charge is -2.43. The second-order valence-electron chi connectivity index (χ2n) is 13.2. The van der Waals surface area contributed by atoms with Gasteiger partial charge in [-0.05, 0) is 79.4 Å². The number of nitrogens with zero attached hydrogens (tertiary/aromatic N) is 1. The standard InChI is InChI=1S/C32H45BrNO8P/c1-19(2)25-13-7-21(5)17-28(25)41-43(38,42-29-18-22(6)8-14-26(29)20(3)4)32(23-9-11-24(33)12-10-23)40-31(35)27-15-16-30(39-27)34(36)37/h9-12,15-16,19-22,25-26,28-29,32H,7-8,13-14,17-18H2,1-6H3/t21-,22-,25-,26+,28-,29-,32-,43?/m1/s1. The molecular formula is C32H45BrNO8P. The molecular weight excluding hydrogens is 637 g/mol. The number of rotatable bonds is 11. The zero-order valence-electron chi connectivity index (χ0n) is 25.9. The molecule has 0 amide bonds. The summed E-state index contributed by atoms with van der Waals surface area (Å²) in [6.45, 7) is 12.9. The molecule has 1 aromatic heterocycles. The molecule has 9 nitrogen and oxygen atoms in total. The van der Waals surface area contributed by atoms with Crippen LogP contribution in [0.15, 0.2) is 45.3 Å². The average molecular weight is 683 g/mol. The van der Waals surface area contributed by atoms with Crippen molar-refractivity contribution in [2.75, 3.05) is 0 Å². The van der Waals surface area contributed by atoms with Crippen LogP contribution in [0.5, 0.6) is 0 Å². The topological polar surface area (TPSA) is 118 Å². The third-order valence-electron chi connectivity index (χ3n) is 9.12. The van der Waals surface area contributed by atoms with Gasteiger partial charge in [-0.25, -0.2) is 4.79 Å². The van der Waals surface area contributed by atoms with Crippen LogP contribution >= 0.6 is 23.5 Å². The number of hydrogen-bond donors (Lipinski definition) is 0. The Morgan fingerprint density at radius 3 is 1.86 bits per heavy atom. The molecule has 0 spiro atoms. The van der Waals surface area contributed by atoms with Crippen LogP contribution in [0.4, 0.5) is 5.88 Å². The minimum absolute atomic E-state index is 0.160. The summed E-state index contributed by atoms with van der Waals surface area (Å²) in [6.07, 6.45) is 4.74. The monoisotopic (exact) mass is 681 g/mol. The summed E-state index contributed by atoms with van der Waals surface area (Å²) in [5.41, 5.74) is 0.441. The first-order chi connectivity index (χ1) is 20.3. The van der Waals surface area contributed by atoms with Gasteiger partial charge in [0.05, 0.1) is 18.3 Å². The Hall–Kier alpha value is -2.00. The van der Waals surface area contributed by atoms with Gasteiger partial charge in [0.25, 0.3) is 0 Å². The van der Waals surface area contributed by atoms with Gasteiger partial charge < -0.3 is 18.2 Å². The molecule has 2 fully saturated rings. The van der Waals surface area contributed by atoms with Gasteiger partial charge in [0.2, 0.25) is 11.6 Å².